The van der Waals surface area contributed by atoms with E-state index in [0.29, 0.717) is 32.2 Å². The van der Waals surface area contributed by atoms with Gasteiger partial charge in [0, 0.05) is 36.7 Å². The summed E-state index contributed by atoms with van der Waals surface area (Å²) in [5.41, 5.74) is -0.0434. The van der Waals surface area contributed by atoms with E-state index in [0.717, 1.165) is 5.56 Å². The van der Waals surface area contributed by atoms with Crippen LogP contribution in [0.1, 0.15) is 100 Å². The minimum atomic E-state index is -4.37. The molecule has 1 fully saturated rings. The number of rotatable bonds is 18. The molecule has 2 aromatic carbocycles. The Morgan fingerprint density at radius 1 is 0.902 bits per heavy atom. The molecule has 5 atom stereocenters. The van der Waals surface area contributed by atoms with Gasteiger partial charge < -0.3 is 31.1 Å². The summed E-state index contributed by atoms with van der Waals surface area (Å²) in [7, 11) is -1.07. The first-order valence-corrected chi connectivity index (χ1v) is 22.4. The topological polar surface area (TPSA) is 203 Å². The molecule has 16 heteroatoms. The summed E-state index contributed by atoms with van der Waals surface area (Å²) < 4.78 is 28.8. The van der Waals surface area contributed by atoms with Gasteiger partial charge in [-0.1, -0.05) is 91.8 Å². The standard InChI is InChI=1S/C45H67N7O8S/c1-13-18-36(53)47-30(5)42(57)52-26-17-21-34(52)40(55)48-32-22-24-33(25-23-32)61(59,60)50-39(54)29(4)27-35(28(2)3)51(12)43(58)38(44(6,7)8)49-41(56)37(46-11)45(9,10)31-19-15-14-16-20-31/h14-16,19-20,22-25,27-28,30,34-35,37-38,46H,13,17-18,21,26H2,1-12H3,(H,47,53)(H,48,55)(H,49,56)(H,50,54)/b29-27+/t30-,34-,35+,37+,38?/m0/s1. The predicted octanol–water partition coefficient (Wildman–Crippen LogP) is 4.25. The zero-order valence-corrected chi connectivity index (χ0v) is 38.7. The minimum absolute atomic E-state index is 0.0527. The maximum Gasteiger partial charge on any atom is 0.264 e. The van der Waals surface area contributed by atoms with Gasteiger partial charge in [-0.2, -0.15) is 0 Å². The van der Waals surface area contributed by atoms with Crippen molar-refractivity contribution in [3.8, 4) is 0 Å². The van der Waals surface area contributed by atoms with Crippen molar-refractivity contribution in [3.63, 3.8) is 0 Å². The third-order valence-electron chi connectivity index (χ3n) is 11.2. The van der Waals surface area contributed by atoms with Crippen LogP contribution in [0.2, 0.25) is 0 Å². The average Bonchev–Trinajstić information content (AvgIpc) is 3.68. The van der Waals surface area contributed by atoms with Crippen LogP contribution in [-0.2, 0) is 44.2 Å². The molecule has 1 aliphatic rings. The van der Waals surface area contributed by atoms with Crippen molar-refractivity contribution in [1.29, 1.82) is 0 Å². The molecule has 1 heterocycles. The van der Waals surface area contributed by atoms with Crippen LogP contribution >= 0.6 is 0 Å². The third kappa shape index (κ3) is 13.0. The Balaban J connectivity index is 1.72. The Bertz CT molecular complexity index is 2030. The molecule has 0 saturated carbocycles. The number of carbonyl (C=O) groups excluding carboxylic acids is 6. The van der Waals surface area contributed by atoms with Gasteiger partial charge in [0.05, 0.1) is 17.0 Å². The monoisotopic (exact) mass is 865 g/mol. The van der Waals surface area contributed by atoms with Crippen LogP contribution in [0.5, 0.6) is 0 Å². The Kier molecular flexibility index (Phi) is 17.4. The van der Waals surface area contributed by atoms with Crippen LogP contribution < -0.4 is 26.0 Å². The molecule has 6 amide bonds. The fourth-order valence-electron chi connectivity index (χ4n) is 7.52. The van der Waals surface area contributed by atoms with Crippen molar-refractivity contribution in [3.05, 3.63) is 71.8 Å². The van der Waals surface area contributed by atoms with E-state index in [1.807, 2.05) is 85.7 Å². The quantitative estimate of drug-likeness (QED) is 0.136. The molecule has 0 radical (unpaired) electrons. The van der Waals surface area contributed by atoms with Gasteiger partial charge in [-0.25, -0.2) is 13.1 Å². The van der Waals surface area contributed by atoms with Crippen molar-refractivity contribution in [2.75, 3.05) is 26.0 Å². The molecular formula is C45H67N7O8S. The van der Waals surface area contributed by atoms with Crippen LogP contribution in [0, 0.1) is 11.3 Å². The Hall–Kier alpha value is -5.09. The van der Waals surface area contributed by atoms with E-state index < -0.39 is 62.9 Å². The second kappa shape index (κ2) is 21.1. The first-order chi connectivity index (χ1) is 28.4. The van der Waals surface area contributed by atoms with E-state index in [2.05, 4.69) is 26.0 Å². The number of nitrogens with one attached hydrogen (secondary N) is 5. The van der Waals surface area contributed by atoms with Gasteiger partial charge in [0.15, 0.2) is 0 Å². The van der Waals surface area contributed by atoms with Crippen molar-refractivity contribution in [2.45, 2.75) is 135 Å². The van der Waals surface area contributed by atoms with Gasteiger partial charge >= 0.3 is 0 Å². The maximum absolute atomic E-state index is 14.3. The highest BCUT2D eigenvalue weighted by Crippen LogP contribution is 2.29. The van der Waals surface area contributed by atoms with Crippen molar-refractivity contribution >= 4 is 51.2 Å². The number of hydrogen-bond donors (Lipinski definition) is 5. The Labute approximate surface area is 362 Å². The van der Waals surface area contributed by atoms with Crippen LogP contribution in [-0.4, -0.2) is 105 Å². The SMILES string of the molecule is CCCC(=O)N[C@@H](C)C(=O)N1CCC[C@H]1C(=O)Nc1ccc(S(=O)(=O)NC(=O)/C(C)=C/[C@H](C(C)C)N(C)C(=O)C(NC(=O)[C@@H](NC)C(C)(C)c2ccccc2)C(C)(C)C)cc1. The number of hydrogen-bond acceptors (Lipinski definition) is 9. The number of likely N-dealkylation sites (tertiary alicyclic amines) is 1. The summed E-state index contributed by atoms with van der Waals surface area (Å²) in [5, 5.41) is 11.6. The third-order valence-corrected chi connectivity index (χ3v) is 12.5. The normalized spacial score (nSPS) is 16.8. The summed E-state index contributed by atoms with van der Waals surface area (Å²) in [6.07, 6.45) is 3.51. The van der Waals surface area contributed by atoms with Gasteiger partial charge in [-0.15, -0.1) is 0 Å². The first kappa shape index (κ1) is 50.3. The number of amides is 6. The minimum Gasteiger partial charge on any atom is -0.345 e. The van der Waals surface area contributed by atoms with E-state index >= 15 is 0 Å². The fourth-order valence-corrected chi connectivity index (χ4v) is 8.54. The molecule has 0 aromatic heterocycles. The van der Waals surface area contributed by atoms with E-state index in [1.165, 1.54) is 41.0 Å². The number of anilines is 1. The molecular weight excluding hydrogens is 799 g/mol. The zero-order valence-electron chi connectivity index (χ0n) is 37.8. The first-order valence-electron chi connectivity index (χ1n) is 20.9. The van der Waals surface area contributed by atoms with Gasteiger partial charge in [-0.3, -0.25) is 28.8 Å². The molecule has 1 aliphatic heterocycles. The fraction of sp³-hybridized carbons (Fsp3) is 0.556. The zero-order chi connectivity index (χ0) is 46.0. The summed E-state index contributed by atoms with van der Waals surface area (Å²) in [6.45, 7) is 18.5. The molecule has 15 nitrogen and oxygen atoms in total. The smallest absolute Gasteiger partial charge is 0.264 e. The van der Waals surface area contributed by atoms with Crippen molar-refractivity contribution in [1.82, 2.24) is 30.5 Å². The van der Waals surface area contributed by atoms with Gasteiger partial charge in [0.25, 0.3) is 15.9 Å². The largest absolute Gasteiger partial charge is 0.345 e. The molecule has 1 saturated heterocycles. The molecule has 61 heavy (non-hydrogen) atoms. The maximum atomic E-state index is 14.3. The Morgan fingerprint density at radius 3 is 2.05 bits per heavy atom. The van der Waals surface area contributed by atoms with Gasteiger partial charge in [-0.05, 0) is 81.3 Å². The Morgan fingerprint density at radius 2 is 1.51 bits per heavy atom. The molecule has 2 aromatic rings. The van der Waals surface area contributed by atoms with Crippen LogP contribution in [0.25, 0.3) is 0 Å². The summed E-state index contributed by atoms with van der Waals surface area (Å²) >= 11 is 0. The molecule has 336 valence electrons. The molecule has 0 bridgehead atoms. The highest BCUT2D eigenvalue weighted by Gasteiger charge is 2.42. The second-order valence-corrected chi connectivity index (χ2v) is 19.5. The van der Waals surface area contributed by atoms with Gasteiger partial charge in [0.2, 0.25) is 29.5 Å². The molecule has 1 unspecified atom stereocenters. The van der Waals surface area contributed by atoms with Crippen molar-refractivity contribution < 1.29 is 37.2 Å². The van der Waals surface area contributed by atoms with Crippen LogP contribution in [0.15, 0.2) is 71.1 Å². The highest BCUT2D eigenvalue weighted by atomic mass is 32.2. The van der Waals surface area contributed by atoms with E-state index in [4.69, 9.17) is 0 Å². The number of carbonyl (C=O) groups is 6. The van der Waals surface area contributed by atoms with E-state index in [9.17, 15) is 37.2 Å². The van der Waals surface area contributed by atoms with Crippen LogP contribution in [0.3, 0.4) is 0 Å². The molecule has 0 spiro atoms. The van der Waals surface area contributed by atoms with Crippen LogP contribution in [0.4, 0.5) is 5.69 Å². The van der Waals surface area contributed by atoms with Crippen molar-refractivity contribution in [2.24, 2.45) is 11.3 Å². The molecule has 5 N–H and O–H groups in total. The summed E-state index contributed by atoms with van der Waals surface area (Å²) in [4.78, 5) is 82.6. The lowest BCUT2D eigenvalue weighted by Crippen LogP contribution is -2.61. The average molecular weight is 866 g/mol. The van der Waals surface area contributed by atoms with E-state index in [1.54, 1.807) is 27.1 Å². The second-order valence-electron chi connectivity index (χ2n) is 17.8. The number of benzene rings is 2. The van der Waals surface area contributed by atoms with E-state index in [-0.39, 0.29) is 45.7 Å². The number of likely N-dealkylation sites (N-methyl/N-ethyl adjacent to an activating group) is 2. The number of sulfonamides is 1. The van der Waals surface area contributed by atoms with Gasteiger partial charge in [0.1, 0.15) is 18.1 Å². The lowest BCUT2D eigenvalue weighted by molar-refractivity contribution is -0.141. The summed E-state index contributed by atoms with van der Waals surface area (Å²) in [5.74, 6) is -2.88. The summed E-state index contributed by atoms with van der Waals surface area (Å²) in [6, 6.07) is 11.1. The highest BCUT2D eigenvalue weighted by molar-refractivity contribution is 7.90. The predicted molar refractivity (Wildman–Crippen MR) is 237 cm³/mol. The molecule has 0 aliphatic carbocycles. The molecule has 3 rings (SSSR count). The lowest BCUT2D eigenvalue weighted by Gasteiger charge is -2.40. The lowest BCUT2D eigenvalue weighted by atomic mass is 9.76. The number of nitrogens with zero attached hydrogens (tertiary/aromatic N) is 2.